The second-order valence-electron chi connectivity index (χ2n) is 5.10. The highest BCUT2D eigenvalue weighted by atomic mass is 32.2. The smallest absolute Gasteiger partial charge is 0.300 e. The summed E-state index contributed by atoms with van der Waals surface area (Å²) in [6.07, 6.45) is -0.338. The van der Waals surface area contributed by atoms with Crippen LogP contribution in [-0.2, 0) is 10.1 Å². The minimum atomic E-state index is -5.53. The Bertz CT molecular complexity index is 883. The molecule has 5 nitrogen and oxygen atoms in total. The average Bonchev–Trinajstić information content (AvgIpc) is 2.49. The van der Waals surface area contributed by atoms with Gasteiger partial charge in [-0.1, -0.05) is 12.1 Å². The normalized spacial score (nSPS) is 11.7. The van der Waals surface area contributed by atoms with Crippen LogP contribution in [0, 0.1) is 23.3 Å². The predicted molar refractivity (Wildman–Crippen MR) is 78.4 cm³/mol. The molecule has 0 unspecified atom stereocenters. The zero-order valence-corrected chi connectivity index (χ0v) is 13.7. The van der Waals surface area contributed by atoms with Gasteiger partial charge in [0.05, 0.1) is 6.10 Å². The molecular formula is C15H12F4O5S. The molecule has 0 aromatic heterocycles. The maximum absolute atomic E-state index is 14.0. The van der Waals surface area contributed by atoms with Crippen LogP contribution in [0.2, 0.25) is 0 Å². The summed E-state index contributed by atoms with van der Waals surface area (Å²) < 4.78 is 96.3. The topological polar surface area (TPSA) is 72.8 Å². The SMILES string of the molecule is CC(C)Oc1ccccc1Oc1c(F)c(F)c(S(=O)(=O)O)c(F)c1F. The van der Waals surface area contributed by atoms with Crippen LogP contribution in [0.5, 0.6) is 17.2 Å². The first-order valence-electron chi connectivity index (χ1n) is 6.81. The van der Waals surface area contributed by atoms with Crippen molar-refractivity contribution in [2.75, 3.05) is 0 Å². The maximum atomic E-state index is 14.0. The van der Waals surface area contributed by atoms with Gasteiger partial charge in [-0.25, -0.2) is 8.78 Å². The first-order valence-corrected chi connectivity index (χ1v) is 8.25. The highest BCUT2D eigenvalue weighted by molar-refractivity contribution is 7.85. The van der Waals surface area contributed by atoms with Crippen LogP contribution in [0.15, 0.2) is 29.2 Å². The van der Waals surface area contributed by atoms with E-state index in [1.54, 1.807) is 13.8 Å². The average molecular weight is 380 g/mol. The molecular weight excluding hydrogens is 368 g/mol. The van der Waals surface area contributed by atoms with Gasteiger partial charge in [0.1, 0.15) is 0 Å². The fourth-order valence-electron chi connectivity index (χ4n) is 1.90. The van der Waals surface area contributed by atoms with Crippen molar-refractivity contribution >= 4 is 10.1 Å². The third-order valence-corrected chi connectivity index (χ3v) is 3.74. The van der Waals surface area contributed by atoms with E-state index in [1.165, 1.54) is 24.3 Å². The van der Waals surface area contributed by atoms with E-state index in [0.29, 0.717) is 0 Å². The van der Waals surface area contributed by atoms with Gasteiger partial charge < -0.3 is 9.47 Å². The Morgan fingerprint density at radius 2 is 1.40 bits per heavy atom. The lowest BCUT2D eigenvalue weighted by Gasteiger charge is -2.16. The van der Waals surface area contributed by atoms with Crippen LogP contribution in [0.25, 0.3) is 0 Å². The van der Waals surface area contributed by atoms with Gasteiger partial charge >= 0.3 is 10.1 Å². The van der Waals surface area contributed by atoms with Crippen molar-refractivity contribution in [2.45, 2.75) is 24.8 Å². The molecule has 2 aromatic rings. The Morgan fingerprint density at radius 3 is 1.84 bits per heavy atom. The Kier molecular flexibility index (Phi) is 5.23. The van der Waals surface area contributed by atoms with Crippen LogP contribution in [0.3, 0.4) is 0 Å². The van der Waals surface area contributed by atoms with Crippen molar-refractivity contribution in [1.29, 1.82) is 0 Å². The summed E-state index contributed by atoms with van der Waals surface area (Å²) in [6.45, 7) is 3.33. The molecule has 0 saturated carbocycles. The van der Waals surface area contributed by atoms with Crippen molar-refractivity contribution in [3.05, 3.63) is 47.5 Å². The highest BCUT2D eigenvalue weighted by Gasteiger charge is 2.33. The number of hydrogen-bond donors (Lipinski definition) is 1. The lowest BCUT2D eigenvalue weighted by molar-refractivity contribution is 0.231. The van der Waals surface area contributed by atoms with E-state index in [2.05, 4.69) is 0 Å². The molecule has 0 amide bonds. The number of ether oxygens (including phenoxy) is 2. The van der Waals surface area contributed by atoms with E-state index < -0.39 is 44.0 Å². The Hall–Kier alpha value is -2.33. The number of para-hydroxylation sites is 2. The lowest BCUT2D eigenvalue weighted by Crippen LogP contribution is -2.12. The van der Waals surface area contributed by atoms with Gasteiger partial charge in [-0.3, -0.25) is 4.55 Å². The second kappa shape index (κ2) is 6.89. The van der Waals surface area contributed by atoms with E-state index in [4.69, 9.17) is 14.0 Å². The molecule has 0 aliphatic carbocycles. The molecule has 0 heterocycles. The molecule has 0 saturated heterocycles. The molecule has 2 aromatic carbocycles. The molecule has 136 valence electrons. The van der Waals surface area contributed by atoms with E-state index in [9.17, 15) is 26.0 Å². The van der Waals surface area contributed by atoms with E-state index >= 15 is 0 Å². The van der Waals surface area contributed by atoms with Crippen LogP contribution < -0.4 is 9.47 Å². The van der Waals surface area contributed by atoms with Gasteiger partial charge in [-0.05, 0) is 26.0 Å². The first kappa shape index (κ1) is 19.0. The molecule has 10 heteroatoms. The van der Waals surface area contributed by atoms with Crippen molar-refractivity contribution < 1.29 is 40.0 Å². The van der Waals surface area contributed by atoms with E-state index in [-0.39, 0.29) is 17.6 Å². The first-order chi connectivity index (χ1) is 11.5. The summed E-state index contributed by atoms with van der Waals surface area (Å²) in [5, 5.41) is 0. The van der Waals surface area contributed by atoms with Gasteiger partial charge in [0, 0.05) is 0 Å². The Morgan fingerprint density at radius 1 is 0.920 bits per heavy atom. The molecule has 0 bridgehead atoms. The Labute approximate surface area is 140 Å². The Balaban J connectivity index is 2.60. The minimum absolute atomic E-state index is 0.0379. The largest absolute Gasteiger partial charge is 0.487 e. The molecule has 1 N–H and O–H groups in total. The highest BCUT2D eigenvalue weighted by Crippen LogP contribution is 2.38. The zero-order valence-electron chi connectivity index (χ0n) is 12.9. The van der Waals surface area contributed by atoms with Gasteiger partial charge in [-0.15, -0.1) is 0 Å². The molecule has 0 fully saturated rings. The third-order valence-electron chi connectivity index (χ3n) is 2.86. The van der Waals surface area contributed by atoms with Crippen LogP contribution in [0.1, 0.15) is 13.8 Å². The van der Waals surface area contributed by atoms with Gasteiger partial charge in [-0.2, -0.15) is 17.2 Å². The minimum Gasteiger partial charge on any atom is -0.487 e. The van der Waals surface area contributed by atoms with Crippen LogP contribution in [0.4, 0.5) is 17.6 Å². The predicted octanol–water partition coefficient (Wildman–Crippen LogP) is 4.07. The summed E-state index contributed by atoms with van der Waals surface area (Å²) in [5.74, 6) is -10.6. The number of hydrogen-bond acceptors (Lipinski definition) is 4. The molecule has 0 atom stereocenters. The van der Waals surface area contributed by atoms with E-state index in [1.807, 2.05) is 0 Å². The van der Waals surface area contributed by atoms with Crippen LogP contribution in [-0.4, -0.2) is 19.1 Å². The summed E-state index contributed by atoms with van der Waals surface area (Å²) in [5.41, 5.74) is 0. The number of benzene rings is 2. The second-order valence-corrected chi connectivity index (χ2v) is 6.46. The fourth-order valence-corrected chi connectivity index (χ4v) is 2.54. The zero-order chi connectivity index (χ0) is 18.9. The van der Waals surface area contributed by atoms with Gasteiger partial charge in [0.15, 0.2) is 28.0 Å². The van der Waals surface area contributed by atoms with Crippen molar-refractivity contribution in [2.24, 2.45) is 0 Å². The fraction of sp³-hybridized carbons (Fsp3) is 0.200. The molecule has 0 radical (unpaired) electrons. The summed E-state index contributed by atoms with van der Waals surface area (Å²) in [6, 6.07) is 5.56. The molecule has 0 spiro atoms. The van der Waals surface area contributed by atoms with Crippen molar-refractivity contribution in [3.8, 4) is 17.2 Å². The molecule has 0 aliphatic rings. The van der Waals surface area contributed by atoms with Crippen molar-refractivity contribution in [3.63, 3.8) is 0 Å². The van der Waals surface area contributed by atoms with Gasteiger partial charge in [0.2, 0.25) is 17.4 Å². The number of halogens is 4. The summed E-state index contributed by atoms with van der Waals surface area (Å²) >= 11 is 0. The quantitative estimate of drug-likeness (QED) is 0.481. The van der Waals surface area contributed by atoms with Crippen molar-refractivity contribution in [1.82, 2.24) is 0 Å². The maximum Gasteiger partial charge on any atom is 0.300 e. The molecule has 25 heavy (non-hydrogen) atoms. The lowest BCUT2D eigenvalue weighted by atomic mass is 10.2. The standard InChI is InChI=1S/C15H12F4O5S/c1-7(2)23-8-5-3-4-6-9(8)24-14-10(16)12(18)15(25(20,21)22)13(19)11(14)17/h3-7H,1-2H3,(H,20,21,22). The summed E-state index contributed by atoms with van der Waals surface area (Å²) in [7, 11) is -5.53. The summed E-state index contributed by atoms with van der Waals surface area (Å²) in [4.78, 5) is -2.14. The number of rotatable bonds is 5. The van der Waals surface area contributed by atoms with E-state index in [0.717, 1.165) is 0 Å². The molecule has 2 rings (SSSR count). The molecule has 0 aliphatic heterocycles. The third kappa shape index (κ3) is 3.85. The monoisotopic (exact) mass is 380 g/mol. The van der Waals surface area contributed by atoms with Crippen LogP contribution >= 0.6 is 0 Å². The van der Waals surface area contributed by atoms with Gasteiger partial charge in [0.25, 0.3) is 0 Å².